The van der Waals surface area contributed by atoms with Crippen molar-refractivity contribution in [3.05, 3.63) is 103 Å². The summed E-state index contributed by atoms with van der Waals surface area (Å²) in [4.78, 5) is 5.90. The van der Waals surface area contributed by atoms with Crippen LogP contribution in [0.3, 0.4) is 0 Å². The molecule has 28 heavy (non-hydrogen) atoms. The third kappa shape index (κ3) is 3.00. The van der Waals surface area contributed by atoms with Gasteiger partial charge in [-0.25, -0.2) is 4.98 Å². The van der Waals surface area contributed by atoms with Crippen molar-refractivity contribution in [3.63, 3.8) is 0 Å². The monoisotopic (exact) mass is 378 g/mol. The maximum Gasteiger partial charge on any atom is 0.145 e. The van der Waals surface area contributed by atoms with Crippen LogP contribution in [-0.2, 0) is 0 Å². The fourth-order valence-electron chi connectivity index (χ4n) is 3.54. The Balaban J connectivity index is 1.78. The van der Waals surface area contributed by atoms with E-state index in [1.165, 1.54) is 5.56 Å². The van der Waals surface area contributed by atoms with E-state index >= 15 is 0 Å². The fraction of sp³-hybridized carbons (Fsp3) is 0. The van der Waals surface area contributed by atoms with Crippen LogP contribution in [0.5, 0.6) is 0 Å². The minimum atomic E-state index is 0.924. The summed E-state index contributed by atoms with van der Waals surface area (Å²) < 4.78 is 2.13. The van der Waals surface area contributed by atoms with Crippen LogP contribution < -0.4 is 0 Å². The number of hydrogen-bond donors (Lipinski definition) is 1. The van der Waals surface area contributed by atoms with E-state index < -0.39 is 0 Å². The van der Waals surface area contributed by atoms with Gasteiger partial charge in [-0.15, -0.1) is 12.6 Å². The number of fused-ring (bicyclic) bond motifs is 1. The van der Waals surface area contributed by atoms with Crippen LogP contribution in [0.2, 0.25) is 0 Å². The van der Waals surface area contributed by atoms with Gasteiger partial charge in [0.1, 0.15) is 5.65 Å². The second-order valence-corrected chi connectivity index (χ2v) is 7.23. The van der Waals surface area contributed by atoms with Crippen LogP contribution in [0.4, 0.5) is 0 Å². The highest BCUT2D eigenvalue weighted by Gasteiger charge is 2.13. The third-order valence-corrected chi connectivity index (χ3v) is 5.31. The normalized spacial score (nSPS) is 11.0. The molecule has 3 aromatic carbocycles. The molecular formula is C25H18N2S. The fourth-order valence-corrected chi connectivity index (χ4v) is 3.81. The molecule has 0 radical (unpaired) electrons. The maximum atomic E-state index is 4.97. The Hall–Kier alpha value is -3.30. The summed E-state index contributed by atoms with van der Waals surface area (Å²) in [6.45, 7) is 0. The highest BCUT2D eigenvalue weighted by molar-refractivity contribution is 7.80. The van der Waals surface area contributed by atoms with Gasteiger partial charge in [-0.1, -0.05) is 78.9 Å². The average molecular weight is 379 g/mol. The molecule has 5 rings (SSSR count). The van der Waals surface area contributed by atoms with Gasteiger partial charge < -0.3 is 4.40 Å². The molecule has 0 N–H and O–H groups in total. The molecule has 0 aliphatic rings. The van der Waals surface area contributed by atoms with E-state index in [1.807, 2.05) is 30.3 Å². The van der Waals surface area contributed by atoms with Crippen LogP contribution in [0.1, 0.15) is 0 Å². The molecule has 0 fully saturated rings. The Bertz CT molecular complexity index is 1260. The van der Waals surface area contributed by atoms with Gasteiger partial charge in [0.15, 0.2) is 0 Å². The number of thiol groups is 1. The maximum absolute atomic E-state index is 4.97. The molecular weight excluding hydrogens is 360 g/mol. The van der Waals surface area contributed by atoms with E-state index in [2.05, 4.69) is 90.1 Å². The second-order valence-electron chi connectivity index (χ2n) is 6.75. The first-order valence-electron chi connectivity index (χ1n) is 9.21. The van der Waals surface area contributed by atoms with Crippen molar-refractivity contribution in [2.45, 2.75) is 4.90 Å². The van der Waals surface area contributed by atoms with Gasteiger partial charge in [0.2, 0.25) is 0 Å². The molecule has 0 atom stereocenters. The molecule has 2 nitrogen and oxygen atoms in total. The van der Waals surface area contributed by atoms with E-state index in [-0.39, 0.29) is 0 Å². The molecule has 2 aromatic heterocycles. The largest absolute Gasteiger partial charge is 0.305 e. The van der Waals surface area contributed by atoms with Crippen LogP contribution in [0, 0.1) is 0 Å². The lowest BCUT2D eigenvalue weighted by Gasteiger charge is -2.09. The zero-order valence-electron chi connectivity index (χ0n) is 15.2. The molecule has 2 heterocycles. The summed E-state index contributed by atoms with van der Waals surface area (Å²) in [6, 6.07) is 31.2. The van der Waals surface area contributed by atoms with Crippen LogP contribution >= 0.6 is 12.6 Å². The molecule has 0 spiro atoms. The number of aromatic nitrogens is 2. The average Bonchev–Trinajstić information content (AvgIpc) is 3.18. The zero-order chi connectivity index (χ0) is 18.9. The van der Waals surface area contributed by atoms with Crippen molar-refractivity contribution in [2.75, 3.05) is 0 Å². The van der Waals surface area contributed by atoms with Crippen molar-refractivity contribution >= 4 is 18.3 Å². The second kappa shape index (κ2) is 7.02. The number of hydrogen-bond acceptors (Lipinski definition) is 2. The zero-order valence-corrected chi connectivity index (χ0v) is 16.1. The Morgan fingerprint density at radius 2 is 1.25 bits per heavy atom. The predicted molar refractivity (Wildman–Crippen MR) is 119 cm³/mol. The van der Waals surface area contributed by atoms with Gasteiger partial charge in [0.25, 0.3) is 0 Å². The number of imidazole rings is 1. The van der Waals surface area contributed by atoms with Gasteiger partial charge in [-0.3, -0.25) is 0 Å². The lowest BCUT2D eigenvalue weighted by atomic mass is 10.0. The highest BCUT2D eigenvalue weighted by atomic mass is 32.1. The van der Waals surface area contributed by atoms with Crippen molar-refractivity contribution in [2.24, 2.45) is 0 Å². The van der Waals surface area contributed by atoms with E-state index in [1.54, 1.807) is 0 Å². The SMILES string of the molecule is Sc1ccccc1-c1cn2cc(-c3ccccc3)cc(-c3ccccc3)c2n1. The Morgan fingerprint density at radius 1 is 0.607 bits per heavy atom. The molecule has 0 unspecified atom stereocenters. The minimum Gasteiger partial charge on any atom is -0.305 e. The van der Waals surface area contributed by atoms with E-state index in [0.29, 0.717) is 0 Å². The van der Waals surface area contributed by atoms with Crippen LogP contribution in [0.25, 0.3) is 39.2 Å². The lowest BCUT2D eigenvalue weighted by Crippen LogP contribution is -1.90. The molecule has 134 valence electrons. The smallest absolute Gasteiger partial charge is 0.145 e. The molecule has 0 saturated carbocycles. The molecule has 5 aromatic rings. The summed E-state index contributed by atoms with van der Waals surface area (Å²) in [5.74, 6) is 0. The van der Waals surface area contributed by atoms with Crippen molar-refractivity contribution in [1.29, 1.82) is 0 Å². The molecule has 0 saturated heterocycles. The molecule has 0 aliphatic heterocycles. The highest BCUT2D eigenvalue weighted by Crippen LogP contribution is 2.33. The first-order valence-corrected chi connectivity index (χ1v) is 9.66. The summed E-state index contributed by atoms with van der Waals surface area (Å²) in [5, 5.41) is 0. The Morgan fingerprint density at radius 3 is 1.96 bits per heavy atom. The molecule has 0 bridgehead atoms. The number of nitrogens with zero attached hydrogens (tertiary/aromatic N) is 2. The molecule has 0 amide bonds. The topological polar surface area (TPSA) is 17.3 Å². The summed E-state index contributed by atoms with van der Waals surface area (Å²) in [6.07, 6.45) is 4.23. The van der Waals surface area contributed by atoms with Gasteiger partial charge >= 0.3 is 0 Å². The van der Waals surface area contributed by atoms with Crippen molar-refractivity contribution in [1.82, 2.24) is 9.38 Å². The van der Waals surface area contributed by atoms with Gasteiger partial charge in [-0.05, 0) is 28.8 Å². The Labute approximate surface area is 169 Å². The molecule has 3 heteroatoms. The van der Waals surface area contributed by atoms with E-state index in [0.717, 1.165) is 38.5 Å². The molecule has 0 aliphatic carbocycles. The van der Waals surface area contributed by atoms with Gasteiger partial charge in [0.05, 0.1) is 5.69 Å². The first kappa shape index (κ1) is 16.8. The lowest BCUT2D eigenvalue weighted by molar-refractivity contribution is 1.19. The number of pyridine rings is 1. The van der Waals surface area contributed by atoms with Crippen molar-refractivity contribution < 1.29 is 0 Å². The van der Waals surface area contributed by atoms with Gasteiger partial charge in [-0.2, -0.15) is 0 Å². The van der Waals surface area contributed by atoms with Crippen LogP contribution in [0.15, 0.2) is 108 Å². The number of benzene rings is 3. The van der Waals surface area contributed by atoms with E-state index in [4.69, 9.17) is 4.98 Å². The Kier molecular flexibility index (Phi) is 4.22. The third-order valence-electron chi connectivity index (χ3n) is 4.92. The predicted octanol–water partition coefficient (Wildman–Crippen LogP) is 6.62. The number of rotatable bonds is 3. The van der Waals surface area contributed by atoms with Crippen molar-refractivity contribution in [3.8, 4) is 33.5 Å². The van der Waals surface area contributed by atoms with E-state index in [9.17, 15) is 0 Å². The minimum absolute atomic E-state index is 0.924. The quantitative estimate of drug-likeness (QED) is 0.349. The van der Waals surface area contributed by atoms with Crippen LogP contribution in [-0.4, -0.2) is 9.38 Å². The van der Waals surface area contributed by atoms with Gasteiger partial charge in [0, 0.05) is 28.4 Å². The summed E-state index contributed by atoms with van der Waals surface area (Å²) in [7, 11) is 0. The summed E-state index contributed by atoms with van der Waals surface area (Å²) in [5.41, 5.74) is 7.52. The first-order chi connectivity index (χ1) is 13.8. The summed E-state index contributed by atoms with van der Waals surface area (Å²) >= 11 is 4.62. The standard InChI is InChI=1S/C25H18N2S/c28-24-14-8-7-13-21(24)23-17-27-16-20(18-9-3-1-4-10-18)15-22(25(27)26-23)19-11-5-2-6-12-19/h1-17,28H.